The Labute approximate surface area is 151 Å². The number of benzene rings is 2. The smallest absolute Gasteiger partial charge is 0.0594 e. The molecule has 1 aliphatic rings. The maximum Gasteiger partial charge on any atom is 0.0594 e. The zero-order chi connectivity index (χ0) is 17.5. The van der Waals surface area contributed by atoms with Crippen molar-refractivity contribution in [2.45, 2.75) is 25.2 Å². The second-order valence-corrected chi connectivity index (χ2v) is 6.67. The molecule has 3 heteroatoms. The maximum absolute atomic E-state index is 8.89. The van der Waals surface area contributed by atoms with Crippen LogP contribution in [0.15, 0.2) is 60.7 Å². The van der Waals surface area contributed by atoms with Crippen molar-refractivity contribution in [3.05, 3.63) is 71.8 Å². The van der Waals surface area contributed by atoms with Crippen LogP contribution in [0, 0.1) is 5.41 Å². The Hall–Kier alpha value is -1.97. The second kappa shape index (κ2) is 8.41. The Balaban J connectivity index is 2.00. The van der Waals surface area contributed by atoms with E-state index in [1.807, 2.05) is 0 Å². The molecular formula is C22H28N2O. The van der Waals surface area contributed by atoms with Gasteiger partial charge in [-0.2, -0.15) is 0 Å². The number of nitrogens with one attached hydrogen (secondary N) is 1. The van der Waals surface area contributed by atoms with Crippen LogP contribution in [0.25, 0.3) is 0 Å². The van der Waals surface area contributed by atoms with Crippen molar-refractivity contribution < 1.29 is 4.74 Å². The lowest BCUT2D eigenvalue weighted by molar-refractivity contribution is 0.0362. The largest absolute Gasteiger partial charge is 0.379 e. The highest BCUT2D eigenvalue weighted by Gasteiger charge is 2.38. The van der Waals surface area contributed by atoms with Gasteiger partial charge in [0, 0.05) is 18.8 Å². The second-order valence-electron chi connectivity index (χ2n) is 6.67. The van der Waals surface area contributed by atoms with Gasteiger partial charge in [-0.3, -0.25) is 4.90 Å². The van der Waals surface area contributed by atoms with Gasteiger partial charge in [-0.05, 0) is 30.5 Å². The first-order valence-corrected chi connectivity index (χ1v) is 9.26. The van der Waals surface area contributed by atoms with Gasteiger partial charge in [0.05, 0.1) is 18.6 Å². The summed E-state index contributed by atoms with van der Waals surface area (Å²) in [5.74, 6) is 0. The predicted octanol–water partition coefficient (Wildman–Crippen LogP) is 4.12. The molecule has 1 N–H and O–H groups in total. The fourth-order valence-electron chi connectivity index (χ4n) is 3.85. The van der Waals surface area contributed by atoms with E-state index in [0.29, 0.717) is 0 Å². The fourth-order valence-corrected chi connectivity index (χ4v) is 3.85. The highest BCUT2D eigenvalue weighted by Crippen LogP contribution is 2.38. The molecule has 3 nitrogen and oxygen atoms in total. The minimum absolute atomic E-state index is 0.352. The molecule has 0 bridgehead atoms. The first kappa shape index (κ1) is 17.8. The Morgan fingerprint density at radius 1 is 0.960 bits per heavy atom. The van der Waals surface area contributed by atoms with Crippen LogP contribution in [-0.4, -0.2) is 43.5 Å². The van der Waals surface area contributed by atoms with Gasteiger partial charge in [0.15, 0.2) is 0 Å². The molecule has 1 heterocycles. The van der Waals surface area contributed by atoms with Gasteiger partial charge in [0.1, 0.15) is 0 Å². The van der Waals surface area contributed by atoms with Gasteiger partial charge in [0.2, 0.25) is 0 Å². The molecule has 2 aromatic rings. The van der Waals surface area contributed by atoms with Gasteiger partial charge in [-0.15, -0.1) is 0 Å². The summed E-state index contributed by atoms with van der Waals surface area (Å²) >= 11 is 0. The molecule has 0 amide bonds. The molecule has 132 valence electrons. The van der Waals surface area contributed by atoms with Gasteiger partial charge in [0.25, 0.3) is 0 Å². The summed E-state index contributed by atoms with van der Waals surface area (Å²) in [5, 5.41) is 8.89. The minimum Gasteiger partial charge on any atom is -0.379 e. The molecule has 1 aliphatic heterocycles. The summed E-state index contributed by atoms with van der Waals surface area (Å²) in [6, 6.07) is 21.2. The molecule has 1 saturated heterocycles. The monoisotopic (exact) mass is 336 g/mol. The van der Waals surface area contributed by atoms with E-state index < -0.39 is 0 Å². The number of ether oxygens (including phenoxy) is 1. The van der Waals surface area contributed by atoms with E-state index in [9.17, 15) is 0 Å². The topological polar surface area (TPSA) is 36.3 Å². The van der Waals surface area contributed by atoms with Crippen LogP contribution in [0.2, 0.25) is 0 Å². The third kappa shape index (κ3) is 3.83. The number of rotatable bonds is 7. The Bertz CT molecular complexity index is 623. The molecule has 0 radical (unpaired) electrons. The van der Waals surface area contributed by atoms with Crippen LogP contribution >= 0.6 is 0 Å². The quantitative estimate of drug-likeness (QED) is 0.772. The lowest BCUT2D eigenvalue weighted by Crippen LogP contribution is -2.43. The average Bonchev–Trinajstić information content (AvgIpc) is 2.70. The van der Waals surface area contributed by atoms with Crippen molar-refractivity contribution in [1.29, 1.82) is 5.41 Å². The third-order valence-electron chi connectivity index (χ3n) is 5.31. The highest BCUT2D eigenvalue weighted by atomic mass is 16.5. The molecule has 3 rings (SSSR count). The minimum atomic E-state index is -0.352. The van der Waals surface area contributed by atoms with Crippen molar-refractivity contribution >= 4 is 5.71 Å². The van der Waals surface area contributed by atoms with E-state index in [2.05, 4.69) is 72.5 Å². The van der Waals surface area contributed by atoms with E-state index >= 15 is 0 Å². The molecule has 0 spiro atoms. The Morgan fingerprint density at radius 2 is 1.48 bits per heavy atom. The normalized spacial score (nSPS) is 15.9. The SMILES string of the molecule is CCC(=N)C(CCN1CCOCC1)(c1ccccc1)c1ccccc1. The van der Waals surface area contributed by atoms with Crippen LogP contribution in [-0.2, 0) is 10.2 Å². The fraction of sp³-hybridized carbons (Fsp3) is 0.409. The van der Waals surface area contributed by atoms with Crippen molar-refractivity contribution in [3.63, 3.8) is 0 Å². The van der Waals surface area contributed by atoms with Crippen LogP contribution in [0.4, 0.5) is 0 Å². The lowest BCUT2D eigenvalue weighted by Gasteiger charge is -2.38. The van der Waals surface area contributed by atoms with Gasteiger partial charge < -0.3 is 10.1 Å². The Morgan fingerprint density at radius 3 is 1.96 bits per heavy atom. The van der Waals surface area contributed by atoms with Gasteiger partial charge in [-0.1, -0.05) is 67.6 Å². The predicted molar refractivity (Wildman–Crippen MR) is 104 cm³/mol. The van der Waals surface area contributed by atoms with Crippen molar-refractivity contribution in [2.24, 2.45) is 0 Å². The zero-order valence-corrected chi connectivity index (χ0v) is 15.1. The lowest BCUT2D eigenvalue weighted by atomic mass is 9.67. The van der Waals surface area contributed by atoms with Crippen LogP contribution in [0.1, 0.15) is 30.9 Å². The van der Waals surface area contributed by atoms with E-state index in [4.69, 9.17) is 10.1 Å². The highest BCUT2D eigenvalue weighted by molar-refractivity contribution is 5.95. The van der Waals surface area contributed by atoms with E-state index in [0.717, 1.165) is 51.4 Å². The summed E-state index contributed by atoms with van der Waals surface area (Å²) in [6.45, 7) is 6.68. The van der Waals surface area contributed by atoms with Crippen LogP contribution in [0.3, 0.4) is 0 Å². The molecule has 0 saturated carbocycles. The molecule has 0 unspecified atom stereocenters. The number of morpholine rings is 1. The van der Waals surface area contributed by atoms with Crippen LogP contribution in [0.5, 0.6) is 0 Å². The molecule has 0 aliphatic carbocycles. The van der Waals surface area contributed by atoms with E-state index in [1.165, 1.54) is 11.1 Å². The van der Waals surface area contributed by atoms with Gasteiger partial charge >= 0.3 is 0 Å². The number of nitrogens with zero attached hydrogens (tertiary/aromatic N) is 1. The first-order chi connectivity index (χ1) is 12.3. The molecule has 2 aromatic carbocycles. The van der Waals surface area contributed by atoms with Crippen molar-refractivity contribution in [3.8, 4) is 0 Å². The average molecular weight is 336 g/mol. The van der Waals surface area contributed by atoms with E-state index in [-0.39, 0.29) is 5.41 Å². The summed E-state index contributed by atoms with van der Waals surface area (Å²) in [6.07, 6.45) is 1.68. The molecule has 1 fully saturated rings. The summed E-state index contributed by atoms with van der Waals surface area (Å²) in [4.78, 5) is 2.47. The molecule has 0 aromatic heterocycles. The molecule has 0 atom stereocenters. The molecular weight excluding hydrogens is 308 g/mol. The summed E-state index contributed by atoms with van der Waals surface area (Å²) in [7, 11) is 0. The maximum atomic E-state index is 8.89. The Kier molecular flexibility index (Phi) is 6.00. The third-order valence-corrected chi connectivity index (χ3v) is 5.31. The molecule has 25 heavy (non-hydrogen) atoms. The van der Waals surface area contributed by atoms with Crippen molar-refractivity contribution in [2.75, 3.05) is 32.8 Å². The standard InChI is InChI=1S/C22H28N2O/c1-2-21(23)22(19-9-5-3-6-10-19,20-11-7-4-8-12-20)13-14-24-15-17-25-18-16-24/h3-12,23H,2,13-18H2,1H3. The van der Waals surface area contributed by atoms with E-state index in [1.54, 1.807) is 0 Å². The first-order valence-electron chi connectivity index (χ1n) is 9.26. The van der Waals surface area contributed by atoms with Crippen molar-refractivity contribution in [1.82, 2.24) is 4.90 Å². The van der Waals surface area contributed by atoms with Crippen LogP contribution < -0.4 is 0 Å². The van der Waals surface area contributed by atoms with Gasteiger partial charge in [-0.25, -0.2) is 0 Å². The number of hydrogen-bond acceptors (Lipinski definition) is 3. The zero-order valence-electron chi connectivity index (χ0n) is 15.1. The summed E-state index contributed by atoms with van der Waals surface area (Å²) < 4.78 is 5.49. The number of hydrogen-bond donors (Lipinski definition) is 1. The summed E-state index contributed by atoms with van der Waals surface area (Å²) in [5.41, 5.74) is 2.89.